The van der Waals surface area contributed by atoms with Gasteiger partial charge in [-0.3, -0.25) is 4.79 Å². The Morgan fingerprint density at radius 1 is 1.58 bits per heavy atom. The number of rotatable bonds is 4. The number of nitrogens with one attached hydrogen (secondary N) is 1. The highest BCUT2D eigenvalue weighted by Gasteiger charge is 2.42. The number of hydrogen-bond acceptors (Lipinski definition) is 4. The molecule has 2 rings (SSSR count). The Hall–Kier alpha value is -0.500. The van der Waals surface area contributed by atoms with E-state index >= 15 is 0 Å². The fourth-order valence-corrected chi connectivity index (χ4v) is 3.78. The van der Waals surface area contributed by atoms with Crippen molar-refractivity contribution in [1.29, 1.82) is 0 Å². The molecule has 0 unspecified atom stereocenters. The lowest BCUT2D eigenvalue weighted by Crippen LogP contribution is -2.51. The van der Waals surface area contributed by atoms with Crippen molar-refractivity contribution < 1.29 is 9.53 Å². The molecular formula is C12H15BrN2O2S2. The highest BCUT2D eigenvalue weighted by atomic mass is 79.9. The van der Waals surface area contributed by atoms with Crippen molar-refractivity contribution >= 4 is 50.4 Å². The van der Waals surface area contributed by atoms with E-state index in [2.05, 4.69) is 21.2 Å². The predicted octanol–water partition coefficient (Wildman–Crippen LogP) is 2.21. The van der Waals surface area contributed by atoms with Gasteiger partial charge in [-0.1, -0.05) is 12.2 Å². The van der Waals surface area contributed by atoms with Gasteiger partial charge in [-0.25, -0.2) is 0 Å². The van der Waals surface area contributed by atoms with Crippen LogP contribution < -0.4 is 11.1 Å². The number of carbonyl (C=O) groups is 1. The van der Waals surface area contributed by atoms with Crippen molar-refractivity contribution in [2.24, 2.45) is 11.1 Å². The van der Waals surface area contributed by atoms with E-state index < -0.39 is 5.41 Å². The molecule has 3 N–H and O–H groups in total. The molecule has 1 saturated heterocycles. The van der Waals surface area contributed by atoms with Crippen LogP contribution in [-0.2, 0) is 16.1 Å². The van der Waals surface area contributed by atoms with Gasteiger partial charge in [-0.15, -0.1) is 11.3 Å². The fourth-order valence-electron chi connectivity index (χ4n) is 2.09. The lowest BCUT2D eigenvalue weighted by atomic mass is 9.79. The molecule has 1 aromatic rings. The van der Waals surface area contributed by atoms with Crippen LogP contribution in [0.25, 0.3) is 0 Å². The van der Waals surface area contributed by atoms with E-state index in [0.29, 0.717) is 32.6 Å². The fraction of sp³-hybridized carbons (Fsp3) is 0.500. The first-order chi connectivity index (χ1) is 9.04. The lowest BCUT2D eigenvalue weighted by Gasteiger charge is -2.34. The second kappa shape index (κ2) is 6.30. The quantitative estimate of drug-likeness (QED) is 0.806. The Balaban J connectivity index is 2.02. The Bertz CT molecular complexity index is 484. The number of ether oxygens (including phenoxy) is 1. The summed E-state index contributed by atoms with van der Waals surface area (Å²) in [5.74, 6) is -0.0900. The number of amides is 1. The molecule has 0 radical (unpaired) electrons. The van der Waals surface area contributed by atoms with Crippen LogP contribution >= 0.6 is 39.5 Å². The minimum atomic E-state index is -0.748. The van der Waals surface area contributed by atoms with Crippen LogP contribution in [0.15, 0.2) is 15.9 Å². The number of nitrogens with two attached hydrogens (primary N) is 1. The summed E-state index contributed by atoms with van der Waals surface area (Å²) in [5, 5.41) is 4.92. The number of carbonyl (C=O) groups excluding carboxylic acids is 1. The summed E-state index contributed by atoms with van der Waals surface area (Å²) in [4.78, 5) is 13.8. The topological polar surface area (TPSA) is 64.4 Å². The van der Waals surface area contributed by atoms with E-state index in [0.717, 1.165) is 9.35 Å². The first-order valence-electron chi connectivity index (χ1n) is 5.93. The van der Waals surface area contributed by atoms with Crippen LogP contribution in [-0.4, -0.2) is 24.1 Å². The van der Waals surface area contributed by atoms with Gasteiger partial charge in [-0.05, 0) is 34.8 Å². The Morgan fingerprint density at radius 2 is 2.26 bits per heavy atom. The molecule has 7 heteroatoms. The van der Waals surface area contributed by atoms with Crippen molar-refractivity contribution in [2.75, 3.05) is 13.2 Å². The van der Waals surface area contributed by atoms with Crippen molar-refractivity contribution in [3.63, 3.8) is 0 Å². The maximum atomic E-state index is 12.4. The summed E-state index contributed by atoms with van der Waals surface area (Å²) >= 11 is 10.1. The van der Waals surface area contributed by atoms with Gasteiger partial charge in [0.1, 0.15) is 5.41 Å². The summed E-state index contributed by atoms with van der Waals surface area (Å²) in [6.45, 7) is 1.55. The van der Waals surface area contributed by atoms with E-state index in [-0.39, 0.29) is 10.9 Å². The molecule has 0 saturated carbocycles. The monoisotopic (exact) mass is 362 g/mol. The van der Waals surface area contributed by atoms with Crippen LogP contribution in [0.1, 0.15) is 17.7 Å². The minimum Gasteiger partial charge on any atom is -0.392 e. The maximum absolute atomic E-state index is 12.4. The summed E-state index contributed by atoms with van der Waals surface area (Å²) in [7, 11) is 0. The van der Waals surface area contributed by atoms with Gasteiger partial charge in [0.25, 0.3) is 0 Å². The largest absolute Gasteiger partial charge is 0.392 e. The molecule has 0 aliphatic carbocycles. The molecule has 1 aromatic heterocycles. The number of halogens is 1. The number of thiocarbonyl (C=S) groups is 1. The van der Waals surface area contributed by atoms with Crippen molar-refractivity contribution in [3.8, 4) is 0 Å². The second-order valence-corrected chi connectivity index (χ2v) is 6.82. The third kappa shape index (κ3) is 3.34. The second-order valence-electron chi connectivity index (χ2n) is 4.47. The van der Waals surface area contributed by atoms with Gasteiger partial charge in [0, 0.05) is 27.9 Å². The average molecular weight is 363 g/mol. The van der Waals surface area contributed by atoms with Gasteiger partial charge in [-0.2, -0.15) is 0 Å². The summed E-state index contributed by atoms with van der Waals surface area (Å²) in [6, 6.07) is 1.99. The van der Waals surface area contributed by atoms with Crippen molar-refractivity contribution in [2.45, 2.75) is 19.4 Å². The van der Waals surface area contributed by atoms with Crippen LogP contribution in [0.2, 0.25) is 0 Å². The van der Waals surface area contributed by atoms with E-state index in [4.69, 9.17) is 22.7 Å². The highest BCUT2D eigenvalue weighted by molar-refractivity contribution is 9.10. The zero-order valence-electron chi connectivity index (χ0n) is 10.3. The van der Waals surface area contributed by atoms with Gasteiger partial charge in [0.15, 0.2) is 0 Å². The molecule has 2 heterocycles. The highest BCUT2D eigenvalue weighted by Crippen LogP contribution is 2.31. The van der Waals surface area contributed by atoms with Gasteiger partial charge in [0.05, 0.1) is 11.5 Å². The molecule has 0 bridgehead atoms. The SMILES string of the molecule is NC(=S)C1(C(=O)NCc2cc(Br)cs2)CCOCC1. The molecule has 0 aromatic carbocycles. The molecule has 1 aliphatic rings. The van der Waals surface area contributed by atoms with E-state index in [1.165, 1.54) is 0 Å². The third-order valence-corrected chi connectivity index (χ3v) is 5.39. The van der Waals surface area contributed by atoms with Gasteiger partial charge in [0.2, 0.25) is 5.91 Å². The molecule has 1 amide bonds. The van der Waals surface area contributed by atoms with Crippen LogP contribution in [0.5, 0.6) is 0 Å². The minimum absolute atomic E-state index is 0.0900. The molecular weight excluding hydrogens is 348 g/mol. The maximum Gasteiger partial charge on any atom is 0.233 e. The zero-order chi connectivity index (χ0) is 13.9. The van der Waals surface area contributed by atoms with Crippen LogP contribution in [0.4, 0.5) is 0 Å². The summed E-state index contributed by atoms with van der Waals surface area (Å²) < 4.78 is 6.32. The standard InChI is InChI=1S/C12H15BrN2O2S2/c13-8-5-9(19-7-8)6-15-11(16)12(10(14)18)1-3-17-4-2-12/h5,7H,1-4,6H2,(H2,14,18)(H,15,16). The van der Waals surface area contributed by atoms with Gasteiger partial charge < -0.3 is 15.8 Å². The van der Waals surface area contributed by atoms with Crippen molar-refractivity contribution in [1.82, 2.24) is 5.32 Å². The number of thiophene rings is 1. The number of hydrogen-bond donors (Lipinski definition) is 2. The first kappa shape index (κ1) is 14.9. The molecule has 1 fully saturated rings. The Morgan fingerprint density at radius 3 is 2.79 bits per heavy atom. The Labute approximate surface area is 129 Å². The molecule has 1 aliphatic heterocycles. The lowest BCUT2D eigenvalue weighted by molar-refractivity contribution is -0.131. The predicted molar refractivity (Wildman–Crippen MR) is 83.1 cm³/mol. The molecule has 0 atom stereocenters. The summed E-state index contributed by atoms with van der Waals surface area (Å²) in [5.41, 5.74) is 5.04. The van der Waals surface area contributed by atoms with E-state index in [1.807, 2.05) is 11.4 Å². The molecule has 4 nitrogen and oxygen atoms in total. The van der Waals surface area contributed by atoms with Crippen LogP contribution in [0, 0.1) is 5.41 Å². The smallest absolute Gasteiger partial charge is 0.233 e. The van der Waals surface area contributed by atoms with Crippen molar-refractivity contribution in [3.05, 3.63) is 20.8 Å². The Kier molecular flexibility index (Phi) is 4.94. The average Bonchev–Trinajstić information content (AvgIpc) is 2.82. The molecule has 104 valence electrons. The third-order valence-electron chi connectivity index (χ3n) is 3.30. The summed E-state index contributed by atoms with van der Waals surface area (Å²) in [6.07, 6.45) is 1.12. The first-order valence-corrected chi connectivity index (χ1v) is 8.01. The molecule has 19 heavy (non-hydrogen) atoms. The molecule has 0 spiro atoms. The van der Waals surface area contributed by atoms with Gasteiger partial charge >= 0.3 is 0 Å². The zero-order valence-corrected chi connectivity index (χ0v) is 13.5. The van der Waals surface area contributed by atoms with E-state index in [9.17, 15) is 4.79 Å². The normalized spacial score (nSPS) is 17.9. The van der Waals surface area contributed by atoms with E-state index in [1.54, 1.807) is 11.3 Å². The van der Waals surface area contributed by atoms with Crippen LogP contribution in [0.3, 0.4) is 0 Å².